The van der Waals surface area contributed by atoms with E-state index in [0.29, 0.717) is 39.5 Å². The van der Waals surface area contributed by atoms with E-state index in [9.17, 15) is 5.11 Å². The van der Waals surface area contributed by atoms with Gasteiger partial charge in [-0.25, -0.2) is 0 Å². The van der Waals surface area contributed by atoms with Crippen molar-refractivity contribution in [3.05, 3.63) is 12.7 Å². The Labute approximate surface area is 216 Å². The third kappa shape index (κ3) is 10.4. The highest BCUT2D eigenvalue weighted by molar-refractivity contribution is 5.13. The van der Waals surface area contributed by atoms with E-state index in [-0.39, 0.29) is 6.10 Å². The molecule has 1 N–H and O–H groups in total. The molecule has 0 aromatic carbocycles. The molecule has 1 aliphatic rings. The highest BCUT2D eigenvalue weighted by atomic mass is 16.6. The first-order chi connectivity index (χ1) is 17.0. The van der Waals surface area contributed by atoms with Crippen LogP contribution in [0.3, 0.4) is 0 Å². The fraction of sp³-hybridized carbons (Fsp3) is 0.931. The topological polar surface area (TPSA) is 66.4 Å². The average molecular weight is 501 g/mol. The largest absolute Gasteiger partial charge is 0.384 e. The van der Waals surface area contributed by atoms with Crippen LogP contribution in [0.4, 0.5) is 0 Å². The Morgan fingerprint density at radius 1 is 0.571 bits per heavy atom. The van der Waals surface area contributed by atoms with Crippen LogP contribution in [0.15, 0.2) is 12.7 Å². The molecule has 1 aliphatic carbocycles. The molecule has 6 heteroatoms. The van der Waals surface area contributed by atoms with E-state index in [2.05, 4.69) is 41.2 Å². The van der Waals surface area contributed by atoms with Crippen molar-refractivity contribution in [2.45, 2.75) is 141 Å². The zero-order chi connectivity index (χ0) is 25.9. The number of ether oxygens (including phenoxy) is 5. The Bertz CT molecular complexity index is 481. The average Bonchev–Trinajstić information content (AvgIpc) is 2.84. The Balaban J connectivity index is 3.46. The highest BCUT2D eigenvalue weighted by Crippen LogP contribution is 2.41. The van der Waals surface area contributed by atoms with E-state index >= 15 is 0 Å². The van der Waals surface area contributed by atoms with Crippen LogP contribution in [0.2, 0.25) is 0 Å². The van der Waals surface area contributed by atoms with E-state index in [0.717, 1.165) is 64.2 Å². The smallest absolute Gasteiger partial charge is 0.125 e. The molecule has 35 heavy (non-hydrogen) atoms. The number of aliphatic hydroxyl groups is 1. The van der Waals surface area contributed by atoms with Crippen LogP contribution in [0, 0.1) is 0 Å². The molecule has 0 spiro atoms. The second-order valence-corrected chi connectivity index (χ2v) is 9.84. The van der Waals surface area contributed by atoms with Gasteiger partial charge in [-0.1, -0.05) is 72.8 Å². The highest BCUT2D eigenvalue weighted by Gasteiger charge is 2.61. The van der Waals surface area contributed by atoms with Crippen molar-refractivity contribution in [3.63, 3.8) is 0 Å². The second-order valence-electron chi connectivity index (χ2n) is 9.84. The summed E-state index contributed by atoms with van der Waals surface area (Å²) in [5.74, 6) is 0. The second kappa shape index (κ2) is 19.6. The van der Waals surface area contributed by atoms with Gasteiger partial charge < -0.3 is 28.8 Å². The molecule has 1 rings (SSSR count). The van der Waals surface area contributed by atoms with Gasteiger partial charge in [0.15, 0.2) is 0 Å². The number of hydrogen-bond acceptors (Lipinski definition) is 6. The maximum Gasteiger partial charge on any atom is 0.125 e. The molecular weight excluding hydrogens is 444 g/mol. The quantitative estimate of drug-likeness (QED) is 0.140. The van der Waals surface area contributed by atoms with Gasteiger partial charge in [-0.15, -0.1) is 6.58 Å². The van der Waals surface area contributed by atoms with Crippen LogP contribution in [0.25, 0.3) is 0 Å². The van der Waals surface area contributed by atoms with Crippen LogP contribution in [0.1, 0.15) is 105 Å². The van der Waals surface area contributed by atoms with Gasteiger partial charge in [0, 0.05) is 33.0 Å². The first-order valence-corrected chi connectivity index (χ1v) is 14.5. The predicted molar refractivity (Wildman–Crippen MR) is 143 cm³/mol. The summed E-state index contributed by atoms with van der Waals surface area (Å²) in [6.07, 6.45) is 9.47. The van der Waals surface area contributed by atoms with Gasteiger partial charge in [-0.2, -0.15) is 0 Å². The molecule has 3 unspecified atom stereocenters. The fourth-order valence-corrected chi connectivity index (χ4v) is 4.56. The molecule has 0 aromatic rings. The van der Waals surface area contributed by atoms with E-state index in [4.69, 9.17) is 23.7 Å². The van der Waals surface area contributed by atoms with E-state index in [1.165, 1.54) is 0 Å². The summed E-state index contributed by atoms with van der Waals surface area (Å²) in [4.78, 5) is 0. The van der Waals surface area contributed by atoms with E-state index in [1.807, 2.05) is 0 Å². The molecule has 0 aliphatic heterocycles. The van der Waals surface area contributed by atoms with Crippen molar-refractivity contribution < 1.29 is 28.8 Å². The lowest BCUT2D eigenvalue weighted by atomic mass is 9.72. The number of unbranched alkanes of at least 4 members (excludes halogenated alkanes) is 5. The summed E-state index contributed by atoms with van der Waals surface area (Å²) in [5, 5.41) is 12.3. The Morgan fingerprint density at radius 2 is 0.886 bits per heavy atom. The molecule has 0 amide bonds. The maximum atomic E-state index is 12.3. The van der Waals surface area contributed by atoms with Crippen LogP contribution in [-0.2, 0) is 23.7 Å². The van der Waals surface area contributed by atoms with Crippen LogP contribution in [-0.4, -0.2) is 74.3 Å². The summed E-state index contributed by atoms with van der Waals surface area (Å²) >= 11 is 0. The van der Waals surface area contributed by atoms with E-state index < -0.39 is 30.0 Å². The van der Waals surface area contributed by atoms with Gasteiger partial charge in [0.2, 0.25) is 0 Å². The lowest BCUT2D eigenvalue weighted by molar-refractivity contribution is -0.308. The van der Waals surface area contributed by atoms with Gasteiger partial charge in [0.1, 0.15) is 36.1 Å². The van der Waals surface area contributed by atoms with Gasteiger partial charge in [-0.05, 0) is 38.5 Å². The fourth-order valence-electron chi connectivity index (χ4n) is 4.56. The molecule has 6 atom stereocenters. The third-order valence-electron chi connectivity index (χ3n) is 6.72. The molecular formula is C29H56O6. The van der Waals surface area contributed by atoms with Crippen molar-refractivity contribution in [2.75, 3.05) is 33.0 Å². The normalized spacial score (nSPS) is 28.9. The van der Waals surface area contributed by atoms with Crippen LogP contribution >= 0.6 is 0 Å². The minimum absolute atomic E-state index is 0.337. The first-order valence-electron chi connectivity index (χ1n) is 14.5. The first kappa shape index (κ1) is 32.5. The van der Waals surface area contributed by atoms with Gasteiger partial charge in [0.05, 0.1) is 0 Å². The van der Waals surface area contributed by atoms with Crippen LogP contribution < -0.4 is 0 Å². The third-order valence-corrected chi connectivity index (χ3v) is 6.72. The van der Waals surface area contributed by atoms with Crippen LogP contribution in [0.5, 0.6) is 0 Å². The lowest BCUT2D eigenvalue weighted by Gasteiger charge is -2.54. The summed E-state index contributed by atoms with van der Waals surface area (Å²) in [6.45, 7) is 17.6. The van der Waals surface area contributed by atoms with Crippen molar-refractivity contribution >= 4 is 0 Å². The standard InChI is InChI=1S/C29H56O6/c1-7-13-19-31-24-25(32-20-14-8-2)27(34-22-16-10-4)29(30,18-12-6)28(35-23-17-11-5)26(24)33-21-15-9-3/h12,24-28,30H,6-11,13-23H2,1-5H3/t24-,25?,26?,27+,28?,29-/m1/s1. The van der Waals surface area contributed by atoms with Crippen molar-refractivity contribution in [3.8, 4) is 0 Å². The van der Waals surface area contributed by atoms with E-state index in [1.54, 1.807) is 6.08 Å². The van der Waals surface area contributed by atoms with Gasteiger partial charge in [-0.3, -0.25) is 0 Å². The van der Waals surface area contributed by atoms with Crippen molar-refractivity contribution in [1.29, 1.82) is 0 Å². The molecule has 0 radical (unpaired) electrons. The van der Waals surface area contributed by atoms with Gasteiger partial charge >= 0.3 is 0 Å². The molecule has 0 heterocycles. The zero-order valence-electron chi connectivity index (χ0n) is 23.5. The Kier molecular flexibility index (Phi) is 18.2. The minimum Gasteiger partial charge on any atom is -0.384 e. The monoisotopic (exact) mass is 500 g/mol. The molecule has 0 aromatic heterocycles. The minimum atomic E-state index is -1.32. The summed E-state index contributed by atoms with van der Waals surface area (Å²) < 4.78 is 32.4. The molecule has 0 bridgehead atoms. The Hall–Kier alpha value is -0.500. The SMILES string of the molecule is C=CC[C@]1(O)C(OCCCC)C(OCCCC)[C@H](OCCCC)C(OCCCC)[C@@H]1OCCCC. The summed E-state index contributed by atoms with van der Waals surface area (Å²) in [5.41, 5.74) is -1.32. The van der Waals surface area contributed by atoms with Gasteiger partial charge in [0.25, 0.3) is 0 Å². The number of hydrogen-bond donors (Lipinski definition) is 1. The molecule has 6 nitrogen and oxygen atoms in total. The molecule has 208 valence electrons. The number of rotatable bonds is 22. The maximum absolute atomic E-state index is 12.3. The van der Waals surface area contributed by atoms with Crippen molar-refractivity contribution in [1.82, 2.24) is 0 Å². The predicted octanol–water partition coefficient (Wildman–Crippen LogP) is 6.23. The summed E-state index contributed by atoms with van der Waals surface area (Å²) in [7, 11) is 0. The lowest BCUT2D eigenvalue weighted by Crippen LogP contribution is -2.73. The molecule has 1 saturated carbocycles. The Morgan fingerprint density at radius 3 is 1.20 bits per heavy atom. The molecule has 1 fully saturated rings. The van der Waals surface area contributed by atoms with Crippen molar-refractivity contribution in [2.24, 2.45) is 0 Å². The molecule has 0 saturated heterocycles. The zero-order valence-corrected chi connectivity index (χ0v) is 23.5. The summed E-state index contributed by atoms with van der Waals surface area (Å²) in [6, 6.07) is 0.